The van der Waals surface area contributed by atoms with Crippen LogP contribution < -0.4 is 5.32 Å². The molecular weight excluding hydrogens is 282 g/mol. The predicted octanol–water partition coefficient (Wildman–Crippen LogP) is 4.36. The van der Waals surface area contributed by atoms with Crippen LogP contribution in [0.4, 0.5) is 0 Å². The zero-order valence-corrected chi connectivity index (χ0v) is 11.5. The molecular formula is C13H14BrNS. The summed E-state index contributed by atoms with van der Waals surface area (Å²) < 4.78 is 1.13. The van der Waals surface area contributed by atoms with Gasteiger partial charge in [0.2, 0.25) is 0 Å². The average molecular weight is 296 g/mol. The second kappa shape index (κ2) is 5.62. The third-order valence-corrected chi connectivity index (χ3v) is 3.82. The summed E-state index contributed by atoms with van der Waals surface area (Å²) in [6, 6.07) is 11.0. The Morgan fingerprint density at radius 3 is 2.62 bits per heavy atom. The van der Waals surface area contributed by atoms with Gasteiger partial charge in [-0.3, -0.25) is 0 Å². The molecule has 1 nitrogen and oxygen atoms in total. The van der Waals surface area contributed by atoms with E-state index in [0.29, 0.717) is 6.04 Å². The lowest BCUT2D eigenvalue weighted by atomic mass is 10.1. The van der Waals surface area contributed by atoms with E-state index in [0.717, 1.165) is 11.0 Å². The lowest BCUT2D eigenvalue weighted by molar-refractivity contribution is 0.575. The van der Waals surface area contributed by atoms with Gasteiger partial charge >= 0.3 is 0 Å². The Labute approximate surface area is 109 Å². The summed E-state index contributed by atoms with van der Waals surface area (Å²) in [6.07, 6.45) is 0. The normalized spacial score (nSPS) is 12.6. The van der Waals surface area contributed by atoms with Crippen molar-refractivity contribution in [2.45, 2.75) is 19.5 Å². The Morgan fingerprint density at radius 1 is 1.25 bits per heavy atom. The molecule has 0 spiro atoms. The Kier molecular flexibility index (Phi) is 4.16. The van der Waals surface area contributed by atoms with Crippen LogP contribution >= 0.6 is 27.3 Å². The summed E-state index contributed by atoms with van der Waals surface area (Å²) in [5, 5.41) is 7.81. The summed E-state index contributed by atoms with van der Waals surface area (Å²) in [4.78, 5) is 0. The first kappa shape index (κ1) is 11.8. The molecule has 1 N–H and O–H groups in total. The molecule has 1 atom stereocenters. The molecule has 3 heteroatoms. The van der Waals surface area contributed by atoms with Crippen LogP contribution in [-0.4, -0.2) is 0 Å². The van der Waals surface area contributed by atoms with Crippen LogP contribution in [0.15, 0.2) is 45.6 Å². The summed E-state index contributed by atoms with van der Waals surface area (Å²) in [6.45, 7) is 3.12. The maximum atomic E-state index is 3.51. The van der Waals surface area contributed by atoms with E-state index in [9.17, 15) is 0 Å². The molecule has 0 fully saturated rings. The van der Waals surface area contributed by atoms with Gasteiger partial charge in [-0.05, 0) is 47.0 Å². The number of rotatable bonds is 4. The average Bonchev–Trinajstić information content (AvgIpc) is 2.80. The van der Waals surface area contributed by atoms with Crippen LogP contribution in [0.1, 0.15) is 24.1 Å². The van der Waals surface area contributed by atoms with Crippen molar-refractivity contribution in [2.75, 3.05) is 0 Å². The fourth-order valence-electron chi connectivity index (χ4n) is 1.53. The second-order valence-corrected chi connectivity index (χ2v) is 5.48. The molecule has 16 heavy (non-hydrogen) atoms. The highest BCUT2D eigenvalue weighted by Gasteiger charge is 2.04. The summed E-state index contributed by atoms with van der Waals surface area (Å²) in [7, 11) is 0. The molecule has 0 amide bonds. The maximum Gasteiger partial charge on any atom is 0.0294 e. The van der Waals surface area contributed by atoms with Crippen molar-refractivity contribution >= 4 is 27.3 Å². The van der Waals surface area contributed by atoms with E-state index in [1.54, 1.807) is 11.3 Å². The predicted molar refractivity (Wildman–Crippen MR) is 73.7 cm³/mol. The topological polar surface area (TPSA) is 12.0 Å². The van der Waals surface area contributed by atoms with E-state index in [-0.39, 0.29) is 0 Å². The van der Waals surface area contributed by atoms with Gasteiger partial charge in [-0.15, -0.1) is 0 Å². The van der Waals surface area contributed by atoms with Crippen LogP contribution in [0.5, 0.6) is 0 Å². The number of nitrogens with one attached hydrogen (secondary N) is 1. The zero-order chi connectivity index (χ0) is 11.4. The number of hydrogen-bond acceptors (Lipinski definition) is 2. The highest BCUT2D eigenvalue weighted by Crippen LogP contribution is 2.17. The van der Waals surface area contributed by atoms with E-state index < -0.39 is 0 Å². The summed E-state index contributed by atoms with van der Waals surface area (Å²) in [5.74, 6) is 0. The Morgan fingerprint density at radius 2 is 2.00 bits per heavy atom. The number of benzene rings is 1. The highest BCUT2D eigenvalue weighted by atomic mass is 79.9. The molecule has 2 rings (SSSR count). The molecule has 2 aromatic rings. The summed E-state index contributed by atoms with van der Waals surface area (Å²) in [5.41, 5.74) is 2.67. The Balaban J connectivity index is 1.93. The fourth-order valence-corrected chi connectivity index (χ4v) is 2.47. The Bertz CT molecular complexity index is 422. The van der Waals surface area contributed by atoms with Crippen LogP contribution in [0.2, 0.25) is 0 Å². The quantitative estimate of drug-likeness (QED) is 0.884. The molecule has 0 unspecified atom stereocenters. The molecule has 1 aromatic heterocycles. The van der Waals surface area contributed by atoms with Crippen molar-refractivity contribution in [3.8, 4) is 0 Å². The molecule has 0 saturated carbocycles. The molecule has 0 saturated heterocycles. The molecule has 1 aromatic carbocycles. The molecule has 84 valence electrons. The lowest BCUT2D eigenvalue weighted by Gasteiger charge is -2.13. The van der Waals surface area contributed by atoms with Gasteiger partial charge in [0.25, 0.3) is 0 Å². The van der Waals surface area contributed by atoms with Gasteiger partial charge in [0.05, 0.1) is 0 Å². The van der Waals surface area contributed by atoms with Gasteiger partial charge in [0, 0.05) is 17.1 Å². The van der Waals surface area contributed by atoms with Crippen LogP contribution in [0, 0.1) is 0 Å². The standard InChI is InChI=1S/C13H14BrNS/c1-10(12-2-4-13(14)5-3-12)15-8-11-6-7-16-9-11/h2-7,9-10,15H,8H2,1H3/t10-/m0/s1. The van der Waals surface area contributed by atoms with Crippen molar-refractivity contribution in [2.24, 2.45) is 0 Å². The monoisotopic (exact) mass is 295 g/mol. The first-order valence-electron chi connectivity index (χ1n) is 5.25. The highest BCUT2D eigenvalue weighted by molar-refractivity contribution is 9.10. The second-order valence-electron chi connectivity index (χ2n) is 3.79. The van der Waals surface area contributed by atoms with Crippen LogP contribution in [0.3, 0.4) is 0 Å². The van der Waals surface area contributed by atoms with Gasteiger partial charge in [-0.25, -0.2) is 0 Å². The van der Waals surface area contributed by atoms with Crippen molar-refractivity contribution in [1.82, 2.24) is 5.32 Å². The third-order valence-electron chi connectivity index (χ3n) is 2.56. The third kappa shape index (κ3) is 3.17. The van der Waals surface area contributed by atoms with Crippen LogP contribution in [-0.2, 0) is 6.54 Å². The minimum absolute atomic E-state index is 0.382. The molecule has 0 aliphatic carbocycles. The smallest absolute Gasteiger partial charge is 0.0294 e. The van der Waals surface area contributed by atoms with E-state index in [1.165, 1.54) is 11.1 Å². The molecule has 0 aliphatic heterocycles. The van der Waals surface area contributed by atoms with E-state index in [1.807, 2.05) is 0 Å². The van der Waals surface area contributed by atoms with Crippen molar-refractivity contribution < 1.29 is 0 Å². The van der Waals surface area contributed by atoms with Crippen molar-refractivity contribution in [3.05, 3.63) is 56.7 Å². The minimum atomic E-state index is 0.382. The molecule has 0 aliphatic rings. The van der Waals surface area contributed by atoms with E-state index >= 15 is 0 Å². The fraction of sp³-hybridized carbons (Fsp3) is 0.231. The van der Waals surface area contributed by atoms with E-state index in [4.69, 9.17) is 0 Å². The van der Waals surface area contributed by atoms with Gasteiger partial charge in [-0.2, -0.15) is 11.3 Å². The molecule has 1 heterocycles. The largest absolute Gasteiger partial charge is 0.306 e. The summed E-state index contributed by atoms with van der Waals surface area (Å²) >= 11 is 5.19. The van der Waals surface area contributed by atoms with Crippen molar-refractivity contribution in [3.63, 3.8) is 0 Å². The maximum absolute atomic E-state index is 3.51. The number of hydrogen-bond donors (Lipinski definition) is 1. The number of halogens is 1. The number of thiophene rings is 1. The Hall–Kier alpha value is -0.640. The molecule has 0 radical (unpaired) electrons. The minimum Gasteiger partial charge on any atom is -0.306 e. The molecule has 0 bridgehead atoms. The first-order chi connectivity index (χ1) is 7.75. The lowest BCUT2D eigenvalue weighted by Crippen LogP contribution is -2.17. The zero-order valence-electron chi connectivity index (χ0n) is 9.11. The van der Waals surface area contributed by atoms with Gasteiger partial charge in [-0.1, -0.05) is 28.1 Å². The van der Waals surface area contributed by atoms with Gasteiger partial charge < -0.3 is 5.32 Å². The van der Waals surface area contributed by atoms with Gasteiger partial charge in [0.15, 0.2) is 0 Å². The van der Waals surface area contributed by atoms with Crippen molar-refractivity contribution in [1.29, 1.82) is 0 Å². The van der Waals surface area contributed by atoms with Gasteiger partial charge in [0.1, 0.15) is 0 Å². The van der Waals surface area contributed by atoms with Crippen LogP contribution in [0.25, 0.3) is 0 Å². The van der Waals surface area contributed by atoms with E-state index in [2.05, 4.69) is 69.3 Å². The SMILES string of the molecule is C[C@H](NCc1ccsc1)c1ccc(Br)cc1. The first-order valence-corrected chi connectivity index (χ1v) is 6.99.